The molecule has 0 saturated heterocycles. The van der Waals surface area contributed by atoms with E-state index in [0.717, 1.165) is 21.8 Å². The molecule has 0 aliphatic rings. The Morgan fingerprint density at radius 2 is 1.87 bits per heavy atom. The predicted molar refractivity (Wildman–Crippen MR) is 97.0 cm³/mol. The van der Waals surface area contributed by atoms with Gasteiger partial charge < -0.3 is 5.32 Å². The molecule has 0 spiro atoms. The summed E-state index contributed by atoms with van der Waals surface area (Å²) in [5.74, 6) is -0.0277. The van der Waals surface area contributed by atoms with Gasteiger partial charge in [0.05, 0.1) is 6.54 Å². The molecule has 1 amide bonds. The number of amides is 1. The largest absolute Gasteiger partial charge is 0.325 e. The fraction of sp³-hybridized carbons (Fsp3) is 0.316. The van der Waals surface area contributed by atoms with Crippen molar-refractivity contribution in [2.75, 3.05) is 18.9 Å². The lowest BCUT2D eigenvalue weighted by Crippen LogP contribution is -2.32. The Balaban J connectivity index is 2.02. The molecule has 0 aromatic heterocycles. The number of aryl methyl sites for hydroxylation is 1. The van der Waals surface area contributed by atoms with Gasteiger partial charge in [-0.1, -0.05) is 41.9 Å². The summed E-state index contributed by atoms with van der Waals surface area (Å²) in [6.07, 6.45) is 0. The third kappa shape index (κ3) is 4.34. The monoisotopic (exact) mass is 330 g/mol. The minimum Gasteiger partial charge on any atom is -0.325 e. The van der Waals surface area contributed by atoms with Gasteiger partial charge in [-0.3, -0.25) is 9.69 Å². The number of hydrogen-bond donors (Lipinski definition) is 1. The molecule has 0 saturated carbocycles. The lowest BCUT2D eigenvalue weighted by atomic mass is 10.1. The van der Waals surface area contributed by atoms with E-state index in [1.807, 2.05) is 75.2 Å². The maximum absolute atomic E-state index is 12.3. The third-order valence-electron chi connectivity index (χ3n) is 4.29. The second-order valence-corrected chi connectivity index (χ2v) is 6.32. The minimum absolute atomic E-state index is 0.0277. The highest BCUT2D eigenvalue weighted by molar-refractivity contribution is 6.31. The summed E-state index contributed by atoms with van der Waals surface area (Å²) in [7, 11) is 1.93. The van der Waals surface area contributed by atoms with Crippen LogP contribution in [-0.4, -0.2) is 24.4 Å². The number of hydrogen-bond acceptors (Lipinski definition) is 2. The van der Waals surface area contributed by atoms with Gasteiger partial charge in [-0.2, -0.15) is 0 Å². The van der Waals surface area contributed by atoms with Gasteiger partial charge in [0.25, 0.3) is 0 Å². The molecule has 1 N–H and O–H groups in total. The molecule has 0 fully saturated rings. The van der Waals surface area contributed by atoms with Crippen molar-refractivity contribution in [3.8, 4) is 0 Å². The molecular formula is C19H23ClN2O. The number of carbonyl (C=O) groups is 1. The van der Waals surface area contributed by atoms with E-state index in [9.17, 15) is 4.79 Å². The number of nitrogens with zero attached hydrogens (tertiary/aromatic N) is 1. The van der Waals surface area contributed by atoms with Gasteiger partial charge in [0.2, 0.25) is 5.91 Å². The lowest BCUT2D eigenvalue weighted by molar-refractivity contribution is -0.117. The van der Waals surface area contributed by atoms with Crippen molar-refractivity contribution < 1.29 is 4.79 Å². The molecule has 2 aromatic carbocycles. The maximum Gasteiger partial charge on any atom is 0.238 e. The number of halogens is 1. The second-order valence-electron chi connectivity index (χ2n) is 5.91. The van der Waals surface area contributed by atoms with E-state index < -0.39 is 0 Å². The smallest absolute Gasteiger partial charge is 0.238 e. The van der Waals surface area contributed by atoms with Crippen molar-refractivity contribution in [3.05, 3.63) is 64.2 Å². The first-order valence-corrected chi connectivity index (χ1v) is 8.08. The van der Waals surface area contributed by atoms with Crippen LogP contribution in [0.2, 0.25) is 5.02 Å². The van der Waals surface area contributed by atoms with E-state index in [1.54, 1.807) is 0 Å². The van der Waals surface area contributed by atoms with E-state index in [4.69, 9.17) is 11.6 Å². The molecular weight excluding hydrogens is 308 g/mol. The summed E-state index contributed by atoms with van der Waals surface area (Å²) >= 11 is 6.24. The average molecular weight is 331 g/mol. The predicted octanol–water partition coefficient (Wildman–Crippen LogP) is 4.59. The van der Waals surface area contributed by atoms with Crippen LogP contribution in [0, 0.1) is 13.8 Å². The van der Waals surface area contributed by atoms with Crippen LogP contribution in [-0.2, 0) is 4.79 Å². The van der Waals surface area contributed by atoms with Gasteiger partial charge in [0, 0.05) is 16.8 Å². The van der Waals surface area contributed by atoms with Gasteiger partial charge in [0.1, 0.15) is 0 Å². The van der Waals surface area contributed by atoms with Crippen LogP contribution in [0.15, 0.2) is 42.5 Å². The summed E-state index contributed by atoms with van der Waals surface area (Å²) in [4.78, 5) is 14.3. The Kier molecular flexibility index (Phi) is 5.80. The van der Waals surface area contributed by atoms with Gasteiger partial charge >= 0.3 is 0 Å². The Morgan fingerprint density at radius 1 is 1.17 bits per heavy atom. The van der Waals surface area contributed by atoms with Crippen LogP contribution in [0.25, 0.3) is 0 Å². The van der Waals surface area contributed by atoms with Crippen molar-refractivity contribution in [2.45, 2.75) is 26.8 Å². The quantitative estimate of drug-likeness (QED) is 0.869. The minimum atomic E-state index is -0.0277. The van der Waals surface area contributed by atoms with Crippen molar-refractivity contribution in [1.29, 1.82) is 0 Å². The summed E-state index contributed by atoms with van der Waals surface area (Å²) in [5, 5.41) is 3.71. The highest BCUT2D eigenvalue weighted by Crippen LogP contribution is 2.26. The first-order chi connectivity index (χ1) is 10.9. The number of rotatable bonds is 5. The standard InChI is InChI=1S/C19H23ClN2O/c1-13-8-7-11-18(14(13)2)21-19(23)12-22(4)15(3)16-9-5-6-10-17(16)20/h5-11,15H,12H2,1-4H3,(H,21,23)/t15-/m0/s1. The fourth-order valence-corrected chi connectivity index (χ4v) is 2.78. The SMILES string of the molecule is Cc1cccc(NC(=O)CN(C)[C@@H](C)c2ccccc2Cl)c1C. The topological polar surface area (TPSA) is 32.3 Å². The van der Waals surface area contributed by atoms with E-state index >= 15 is 0 Å². The molecule has 1 atom stereocenters. The van der Waals surface area contributed by atoms with Gasteiger partial charge in [-0.25, -0.2) is 0 Å². The van der Waals surface area contributed by atoms with Crippen LogP contribution in [0.5, 0.6) is 0 Å². The molecule has 3 nitrogen and oxygen atoms in total. The van der Waals surface area contributed by atoms with Crippen molar-refractivity contribution in [2.24, 2.45) is 0 Å². The number of likely N-dealkylation sites (N-methyl/N-ethyl adjacent to an activating group) is 1. The summed E-state index contributed by atoms with van der Waals surface area (Å²) in [6, 6.07) is 13.7. The molecule has 0 radical (unpaired) electrons. The third-order valence-corrected chi connectivity index (χ3v) is 4.63. The van der Waals surface area contributed by atoms with Crippen molar-refractivity contribution in [1.82, 2.24) is 4.90 Å². The van der Waals surface area contributed by atoms with E-state index in [0.29, 0.717) is 6.54 Å². The van der Waals surface area contributed by atoms with Crippen LogP contribution in [0.1, 0.15) is 29.7 Å². The molecule has 0 heterocycles. The normalized spacial score (nSPS) is 12.3. The number of anilines is 1. The molecule has 2 rings (SSSR count). The Bertz CT molecular complexity index is 700. The molecule has 0 aliphatic heterocycles. The highest BCUT2D eigenvalue weighted by atomic mass is 35.5. The molecule has 2 aromatic rings. The zero-order valence-corrected chi connectivity index (χ0v) is 14.8. The number of benzene rings is 2. The summed E-state index contributed by atoms with van der Waals surface area (Å²) in [6.45, 7) is 6.41. The molecule has 4 heteroatoms. The zero-order chi connectivity index (χ0) is 17.0. The van der Waals surface area contributed by atoms with Gasteiger partial charge in [-0.15, -0.1) is 0 Å². The van der Waals surface area contributed by atoms with Crippen molar-refractivity contribution >= 4 is 23.2 Å². The molecule has 0 bridgehead atoms. The summed E-state index contributed by atoms with van der Waals surface area (Å²) in [5.41, 5.74) is 4.16. The maximum atomic E-state index is 12.3. The van der Waals surface area contributed by atoms with E-state index in [2.05, 4.69) is 5.32 Å². The lowest BCUT2D eigenvalue weighted by Gasteiger charge is -2.25. The van der Waals surface area contributed by atoms with Gasteiger partial charge in [0.15, 0.2) is 0 Å². The summed E-state index contributed by atoms with van der Waals surface area (Å²) < 4.78 is 0. The first-order valence-electron chi connectivity index (χ1n) is 7.71. The van der Waals surface area contributed by atoms with Crippen molar-refractivity contribution in [3.63, 3.8) is 0 Å². The van der Waals surface area contributed by atoms with Crippen LogP contribution in [0.3, 0.4) is 0 Å². The first kappa shape index (κ1) is 17.5. The Hall–Kier alpha value is -1.84. The van der Waals surface area contributed by atoms with Crippen LogP contribution >= 0.6 is 11.6 Å². The number of carbonyl (C=O) groups excluding carboxylic acids is 1. The van der Waals surface area contributed by atoms with Gasteiger partial charge in [-0.05, 0) is 56.6 Å². The molecule has 122 valence electrons. The van der Waals surface area contributed by atoms with Crippen LogP contribution < -0.4 is 5.32 Å². The average Bonchev–Trinajstić information content (AvgIpc) is 2.51. The number of nitrogens with one attached hydrogen (secondary N) is 1. The Morgan fingerprint density at radius 3 is 2.57 bits per heavy atom. The Labute approximate surface area is 143 Å². The molecule has 0 unspecified atom stereocenters. The highest BCUT2D eigenvalue weighted by Gasteiger charge is 2.17. The van der Waals surface area contributed by atoms with Crippen LogP contribution in [0.4, 0.5) is 5.69 Å². The fourth-order valence-electron chi connectivity index (χ4n) is 2.49. The second kappa shape index (κ2) is 7.62. The zero-order valence-electron chi connectivity index (χ0n) is 14.1. The van der Waals surface area contributed by atoms with E-state index in [1.165, 1.54) is 5.56 Å². The molecule has 0 aliphatic carbocycles. The van der Waals surface area contributed by atoms with E-state index in [-0.39, 0.29) is 11.9 Å². The molecule has 23 heavy (non-hydrogen) atoms.